The molecule has 0 aromatic carbocycles. The van der Waals surface area contributed by atoms with Gasteiger partial charge in [0.2, 0.25) is 11.9 Å². The summed E-state index contributed by atoms with van der Waals surface area (Å²) in [6.45, 7) is 5.74. The number of hydrogen-bond donors (Lipinski definition) is 1. The van der Waals surface area contributed by atoms with Crippen LogP contribution in [0.3, 0.4) is 0 Å². The van der Waals surface area contributed by atoms with E-state index in [0.29, 0.717) is 12.5 Å². The molecule has 0 bridgehead atoms. The zero-order valence-corrected chi connectivity index (χ0v) is 6.37. The minimum atomic E-state index is -0.248. The Bertz CT molecular complexity index is 230. The topological polar surface area (TPSA) is 49.0 Å². The molecule has 1 aromatic heterocycles. The van der Waals surface area contributed by atoms with Crippen LogP contribution in [0.4, 0.5) is 5.95 Å². The highest BCUT2D eigenvalue weighted by molar-refractivity contribution is 5.94. The van der Waals surface area contributed by atoms with Crippen molar-refractivity contribution in [2.45, 2.75) is 6.92 Å². The molecule has 1 radical (unpaired) electrons. The maximum absolute atomic E-state index is 10.8. The van der Waals surface area contributed by atoms with Gasteiger partial charge in [-0.25, -0.2) is 4.98 Å². The Kier molecular flexibility index (Phi) is 2.25. The van der Waals surface area contributed by atoms with Gasteiger partial charge >= 0.3 is 0 Å². The molecule has 1 amide bonds. The molecule has 0 saturated heterocycles. The number of imidazole rings is 1. The van der Waals surface area contributed by atoms with Crippen molar-refractivity contribution in [3.05, 3.63) is 19.3 Å². The summed E-state index contributed by atoms with van der Waals surface area (Å²) in [5.74, 6) is 0.301. The number of H-pyrrole nitrogens is 1. The normalized spacial score (nSPS) is 9.64. The van der Waals surface area contributed by atoms with Crippen LogP contribution in [0.25, 0.3) is 0 Å². The third kappa shape index (κ3) is 1.58. The second kappa shape index (κ2) is 3.18. The number of rotatable bonds is 2. The van der Waals surface area contributed by atoms with E-state index in [-0.39, 0.29) is 5.91 Å². The predicted octanol–water partition coefficient (Wildman–Crippen LogP) is 0.597. The van der Waals surface area contributed by atoms with Crippen LogP contribution >= 0.6 is 0 Å². The van der Waals surface area contributed by atoms with Crippen molar-refractivity contribution in [3.63, 3.8) is 0 Å². The molecule has 0 unspecified atom stereocenters. The number of carbonyl (C=O) groups excluding carboxylic acids is 1. The summed E-state index contributed by atoms with van der Waals surface area (Å²) in [5.41, 5.74) is 0. The van der Waals surface area contributed by atoms with E-state index in [0.717, 1.165) is 0 Å². The van der Waals surface area contributed by atoms with E-state index in [2.05, 4.69) is 16.9 Å². The Morgan fingerprint density at radius 3 is 3.00 bits per heavy atom. The summed E-state index contributed by atoms with van der Waals surface area (Å²) in [5, 5.41) is 0. The van der Waals surface area contributed by atoms with Crippen LogP contribution in [0.15, 0.2) is 12.4 Å². The molecule has 0 aliphatic heterocycles. The van der Waals surface area contributed by atoms with Gasteiger partial charge in [0.05, 0.1) is 0 Å². The molecule has 1 heterocycles. The number of aromatic nitrogens is 2. The number of hydrogen-bond acceptors (Lipinski definition) is 2. The fraction of sp³-hybridized carbons (Fsp3) is 0.286. The highest BCUT2D eigenvalue weighted by atomic mass is 16.2. The Morgan fingerprint density at radius 1 is 1.91 bits per heavy atom. The summed E-state index contributed by atoms with van der Waals surface area (Å²) in [6.07, 6.45) is 3.27. The third-order valence-electron chi connectivity index (χ3n) is 1.36. The number of amides is 1. The molecular formula is C7H10N3O. The number of anilines is 1. The molecule has 4 heteroatoms. The highest BCUT2D eigenvalue weighted by Crippen LogP contribution is 2.04. The van der Waals surface area contributed by atoms with Gasteiger partial charge in [-0.05, 0) is 6.92 Å². The standard InChI is InChI=1S/C7H10N3O/c1-3-10(6(2)11)7-8-4-5-9-7/h4-5H,2-3H2,1H3,(H,8,9). The summed E-state index contributed by atoms with van der Waals surface area (Å²) in [4.78, 5) is 19.0. The maximum Gasteiger partial charge on any atom is 0.229 e. The van der Waals surface area contributed by atoms with Gasteiger partial charge in [0.1, 0.15) is 0 Å². The van der Waals surface area contributed by atoms with Gasteiger partial charge in [-0.3, -0.25) is 9.69 Å². The molecule has 59 valence electrons. The summed E-state index contributed by atoms with van der Waals surface area (Å²) < 4.78 is 0. The Balaban J connectivity index is 2.79. The Morgan fingerprint density at radius 2 is 2.64 bits per heavy atom. The predicted molar refractivity (Wildman–Crippen MR) is 42.0 cm³/mol. The van der Waals surface area contributed by atoms with E-state index in [9.17, 15) is 4.79 Å². The first-order valence-corrected chi connectivity index (χ1v) is 3.38. The van der Waals surface area contributed by atoms with E-state index in [1.54, 1.807) is 12.4 Å². The van der Waals surface area contributed by atoms with Crippen molar-refractivity contribution in [2.75, 3.05) is 11.4 Å². The van der Waals surface area contributed by atoms with Crippen LogP contribution in [0.2, 0.25) is 0 Å². The van der Waals surface area contributed by atoms with Crippen LogP contribution in [0.1, 0.15) is 6.92 Å². The largest absolute Gasteiger partial charge is 0.331 e. The summed E-state index contributed by atoms with van der Waals surface area (Å²) in [6, 6.07) is 0. The third-order valence-corrected chi connectivity index (χ3v) is 1.36. The van der Waals surface area contributed by atoms with Crippen molar-refractivity contribution in [2.24, 2.45) is 0 Å². The number of nitrogens with zero attached hydrogens (tertiary/aromatic N) is 2. The molecule has 1 N–H and O–H groups in total. The van der Waals surface area contributed by atoms with Crippen LogP contribution < -0.4 is 4.90 Å². The van der Waals surface area contributed by atoms with Gasteiger partial charge in [0, 0.05) is 25.9 Å². The lowest BCUT2D eigenvalue weighted by Gasteiger charge is -2.14. The minimum Gasteiger partial charge on any atom is -0.331 e. The first-order chi connectivity index (χ1) is 5.25. The Hall–Kier alpha value is -1.32. The molecule has 0 spiro atoms. The first-order valence-electron chi connectivity index (χ1n) is 3.38. The van der Waals surface area contributed by atoms with E-state index in [4.69, 9.17) is 0 Å². The molecule has 0 fully saturated rings. The second-order valence-corrected chi connectivity index (χ2v) is 2.05. The number of nitrogens with one attached hydrogen (secondary N) is 1. The lowest BCUT2D eigenvalue weighted by molar-refractivity contribution is -0.114. The van der Waals surface area contributed by atoms with Crippen molar-refractivity contribution in [3.8, 4) is 0 Å². The van der Waals surface area contributed by atoms with E-state index in [1.807, 2.05) is 6.92 Å². The average molecular weight is 152 g/mol. The summed E-state index contributed by atoms with van der Waals surface area (Å²) in [7, 11) is 0. The van der Waals surface area contributed by atoms with Crippen LogP contribution in [0, 0.1) is 6.92 Å². The molecule has 0 atom stereocenters. The van der Waals surface area contributed by atoms with Crippen molar-refractivity contribution >= 4 is 11.9 Å². The Labute approximate surface area is 65.2 Å². The first kappa shape index (κ1) is 7.78. The van der Waals surface area contributed by atoms with Crippen molar-refractivity contribution in [1.29, 1.82) is 0 Å². The molecule has 0 aliphatic rings. The highest BCUT2D eigenvalue weighted by Gasteiger charge is 2.09. The molecule has 1 rings (SSSR count). The minimum absolute atomic E-state index is 0.248. The molecule has 1 aromatic rings. The number of aromatic amines is 1. The smallest absolute Gasteiger partial charge is 0.229 e. The lowest BCUT2D eigenvalue weighted by Crippen LogP contribution is -2.29. The molecular weight excluding hydrogens is 142 g/mol. The quantitative estimate of drug-likeness (QED) is 0.674. The molecule has 4 nitrogen and oxygen atoms in total. The van der Waals surface area contributed by atoms with Gasteiger partial charge in [0.15, 0.2) is 0 Å². The zero-order chi connectivity index (χ0) is 8.27. The molecule has 0 saturated carbocycles. The van der Waals surface area contributed by atoms with Gasteiger partial charge in [-0.2, -0.15) is 0 Å². The van der Waals surface area contributed by atoms with Gasteiger partial charge in [0.25, 0.3) is 0 Å². The van der Waals surface area contributed by atoms with E-state index < -0.39 is 0 Å². The fourth-order valence-electron chi connectivity index (χ4n) is 0.849. The second-order valence-electron chi connectivity index (χ2n) is 2.05. The van der Waals surface area contributed by atoms with Gasteiger partial charge < -0.3 is 4.98 Å². The summed E-state index contributed by atoms with van der Waals surface area (Å²) >= 11 is 0. The van der Waals surface area contributed by atoms with Crippen molar-refractivity contribution < 1.29 is 4.79 Å². The van der Waals surface area contributed by atoms with Crippen molar-refractivity contribution in [1.82, 2.24) is 9.97 Å². The van der Waals surface area contributed by atoms with E-state index >= 15 is 0 Å². The molecule has 11 heavy (non-hydrogen) atoms. The van der Waals surface area contributed by atoms with Crippen LogP contribution in [-0.2, 0) is 4.79 Å². The fourth-order valence-corrected chi connectivity index (χ4v) is 0.849. The lowest BCUT2D eigenvalue weighted by atomic mass is 10.5. The van der Waals surface area contributed by atoms with Gasteiger partial charge in [-0.1, -0.05) is 0 Å². The maximum atomic E-state index is 10.8. The monoisotopic (exact) mass is 152 g/mol. The zero-order valence-electron chi connectivity index (χ0n) is 6.37. The molecule has 0 aliphatic carbocycles. The van der Waals surface area contributed by atoms with Crippen LogP contribution in [-0.4, -0.2) is 22.4 Å². The van der Waals surface area contributed by atoms with Crippen LogP contribution in [0.5, 0.6) is 0 Å². The van der Waals surface area contributed by atoms with E-state index in [1.165, 1.54) is 4.90 Å². The average Bonchev–Trinajstić information content (AvgIpc) is 2.40. The van der Waals surface area contributed by atoms with Gasteiger partial charge in [-0.15, -0.1) is 0 Å². The number of carbonyl (C=O) groups is 1. The SMILES string of the molecule is [CH2]C(=O)N(CC)c1ncc[nH]1.